The number of nitrogens with zero attached hydrogens (tertiary/aromatic N) is 3. The Morgan fingerprint density at radius 1 is 1.09 bits per heavy atom. The van der Waals surface area contributed by atoms with Crippen LogP contribution in [0.15, 0.2) is 58.4 Å². The quantitative estimate of drug-likeness (QED) is 0.589. The second kappa shape index (κ2) is 8.94. The summed E-state index contributed by atoms with van der Waals surface area (Å²) in [6, 6.07) is 11.7. The number of methoxy groups -OCH3 is 2. The average Bonchev–Trinajstić information content (AvgIpc) is 2.82. The van der Waals surface area contributed by atoms with E-state index in [1.807, 2.05) is 0 Å². The molecule has 0 spiro atoms. The van der Waals surface area contributed by atoms with Gasteiger partial charge >= 0.3 is 6.18 Å². The van der Waals surface area contributed by atoms with E-state index in [0.29, 0.717) is 39.8 Å². The minimum absolute atomic E-state index is 0.294. The van der Waals surface area contributed by atoms with Gasteiger partial charge in [-0.2, -0.15) is 13.2 Å². The molecule has 1 atom stereocenters. The molecule has 4 rings (SSSR count). The first-order valence-electron chi connectivity index (χ1n) is 9.84. The maximum atomic E-state index is 13.6. The van der Waals surface area contributed by atoms with Crippen LogP contribution < -0.4 is 25.7 Å². The molecule has 0 bridgehead atoms. The van der Waals surface area contributed by atoms with Crippen LogP contribution >= 0.6 is 0 Å². The Hall–Kier alpha value is -3.86. The number of pyridine rings is 2. The van der Waals surface area contributed by atoms with Gasteiger partial charge in [-0.15, -0.1) is 0 Å². The maximum absolute atomic E-state index is 13.6. The first-order chi connectivity index (χ1) is 15.8. The lowest BCUT2D eigenvalue weighted by molar-refractivity contribution is -0.125. The van der Waals surface area contributed by atoms with Crippen molar-refractivity contribution in [2.75, 3.05) is 26.1 Å². The van der Waals surface area contributed by atoms with E-state index in [-0.39, 0.29) is 0 Å². The Morgan fingerprint density at radius 2 is 1.79 bits per heavy atom. The summed E-state index contributed by atoms with van der Waals surface area (Å²) >= 11 is 0. The van der Waals surface area contributed by atoms with Crippen LogP contribution in [-0.4, -0.2) is 49.0 Å². The van der Waals surface area contributed by atoms with Gasteiger partial charge in [0.05, 0.1) is 43.9 Å². The van der Waals surface area contributed by atoms with Gasteiger partial charge in [0.2, 0.25) is 0 Å². The third kappa shape index (κ3) is 4.82. The van der Waals surface area contributed by atoms with Crippen LogP contribution in [0.25, 0.3) is 16.9 Å². The number of aromatic nitrogens is 2. The number of anilines is 1. The van der Waals surface area contributed by atoms with Crippen molar-refractivity contribution in [1.29, 1.82) is 0 Å². The molecule has 3 heterocycles. The van der Waals surface area contributed by atoms with Crippen LogP contribution in [0.5, 0.6) is 11.5 Å². The van der Waals surface area contributed by atoms with Gasteiger partial charge in [-0.05, 0) is 42.5 Å². The summed E-state index contributed by atoms with van der Waals surface area (Å²) in [6.45, 7) is -1.24. The van der Waals surface area contributed by atoms with Crippen LogP contribution in [0.3, 0.4) is 0 Å². The van der Waals surface area contributed by atoms with Gasteiger partial charge < -0.3 is 14.8 Å². The number of hydrogen-bond donors (Lipinski definition) is 2. The van der Waals surface area contributed by atoms with Gasteiger partial charge in [0.15, 0.2) is 6.29 Å². The number of benzene rings is 1. The lowest BCUT2D eigenvalue weighted by Gasteiger charge is -2.26. The molecule has 0 saturated heterocycles. The average molecular weight is 459 g/mol. The number of aliphatic imine (C=N–C) groups is 1. The first kappa shape index (κ1) is 22.3. The Morgan fingerprint density at radius 3 is 2.39 bits per heavy atom. The highest BCUT2D eigenvalue weighted by atomic mass is 19.4. The van der Waals surface area contributed by atoms with E-state index in [1.165, 1.54) is 31.2 Å². The molecule has 2 N–H and O–H groups in total. The van der Waals surface area contributed by atoms with Crippen LogP contribution in [0.2, 0.25) is 0 Å². The summed E-state index contributed by atoms with van der Waals surface area (Å²) in [5.74, 6) is 1.43. The number of ether oxygens (including phenoxy) is 2. The zero-order valence-electron chi connectivity index (χ0n) is 17.7. The smallest absolute Gasteiger partial charge is 0.401 e. The van der Waals surface area contributed by atoms with Crippen molar-refractivity contribution in [2.24, 2.45) is 4.99 Å². The molecule has 1 aliphatic heterocycles. The van der Waals surface area contributed by atoms with Gasteiger partial charge in [0, 0.05) is 11.8 Å². The summed E-state index contributed by atoms with van der Waals surface area (Å²) in [5.41, 5.74) is 1.31. The van der Waals surface area contributed by atoms with E-state index in [4.69, 9.17) is 9.47 Å². The van der Waals surface area contributed by atoms with Crippen molar-refractivity contribution in [1.82, 2.24) is 14.9 Å². The van der Waals surface area contributed by atoms with Crippen LogP contribution in [0, 0.1) is 0 Å². The number of fused-ring (bicyclic) bond motifs is 1. The number of alkyl halides is 3. The molecule has 0 saturated carbocycles. The fourth-order valence-corrected chi connectivity index (χ4v) is 3.34. The first-order valence-corrected chi connectivity index (χ1v) is 9.84. The standard InChI is InChI=1S/C22H20F3N5O3/c1-32-15-5-3-14(4-6-15)30-19-13(10-27-21(29-19)28-12-22(23,24)25)9-17(20(30)31)18-8-7-16(33-2)11-26-18/h3-11,21,28-29H,12H2,1-2H3. The summed E-state index contributed by atoms with van der Waals surface area (Å²) in [7, 11) is 3.03. The van der Waals surface area contributed by atoms with Crippen molar-refractivity contribution >= 4 is 12.0 Å². The highest BCUT2D eigenvalue weighted by Gasteiger charge is 2.29. The third-order valence-electron chi connectivity index (χ3n) is 4.94. The van der Waals surface area contributed by atoms with E-state index in [0.717, 1.165) is 0 Å². The molecule has 1 unspecified atom stereocenters. The van der Waals surface area contributed by atoms with Gasteiger partial charge in [-0.1, -0.05) is 0 Å². The lowest BCUT2D eigenvalue weighted by Crippen LogP contribution is -2.43. The van der Waals surface area contributed by atoms with Crippen molar-refractivity contribution in [3.05, 3.63) is 64.6 Å². The van der Waals surface area contributed by atoms with E-state index in [2.05, 4.69) is 20.6 Å². The fourth-order valence-electron chi connectivity index (χ4n) is 3.34. The van der Waals surface area contributed by atoms with E-state index in [1.54, 1.807) is 42.5 Å². The second-order valence-corrected chi connectivity index (χ2v) is 7.10. The summed E-state index contributed by atoms with van der Waals surface area (Å²) in [6.07, 6.45) is -2.55. The number of rotatable bonds is 6. The van der Waals surface area contributed by atoms with Crippen molar-refractivity contribution in [3.63, 3.8) is 0 Å². The number of hydrogen-bond acceptors (Lipinski definition) is 7. The van der Waals surface area contributed by atoms with Crippen LogP contribution in [0.1, 0.15) is 5.56 Å². The molecule has 0 amide bonds. The highest BCUT2D eigenvalue weighted by molar-refractivity contribution is 5.91. The molecule has 8 nitrogen and oxygen atoms in total. The van der Waals surface area contributed by atoms with Gasteiger partial charge in [-0.25, -0.2) is 0 Å². The van der Waals surface area contributed by atoms with Crippen molar-refractivity contribution in [2.45, 2.75) is 12.5 Å². The molecule has 0 radical (unpaired) electrons. The Kier molecular flexibility index (Phi) is 6.05. The Bertz CT molecular complexity index is 1220. The summed E-state index contributed by atoms with van der Waals surface area (Å²) in [5, 5.41) is 5.17. The highest BCUT2D eigenvalue weighted by Crippen LogP contribution is 2.27. The summed E-state index contributed by atoms with van der Waals surface area (Å²) < 4.78 is 49.7. The third-order valence-corrected chi connectivity index (χ3v) is 4.94. The molecule has 0 aliphatic carbocycles. The van der Waals surface area contributed by atoms with Gasteiger partial charge in [0.25, 0.3) is 5.56 Å². The second-order valence-electron chi connectivity index (χ2n) is 7.10. The van der Waals surface area contributed by atoms with E-state index in [9.17, 15) is 18.0 Å². The molecule has 0 fully saturated rings. The fraction of sp³-hybridized carbons (Fsp3) is 0.227. The molecule has 3 aromatic rings. The molecule has 1 aliphatic rings. The zero-order valence-corrected chi connectivity index (χ0v) is 17.7. The predicted molar refractivity (Wildman–Crippen MR) is 117 cm³/mol. The molecule has 172 valence electrons. The normalized spacial score (nSPS) is 15.0. The van der Waals surface area contributed by atoms with Crippen molar-refractivity contribution < 1.29 is 22.6 Å². The number of nitrogens with one attached hydrogen (secondary N) is 2. The van der Waals surface area contributed by atoms with Crippen molar-refractivity contribution in [3.8, 4) is 28.4 Å². The molecule has 11 heteroatoms. The number of halogens is 3. The van der Waals surface area contributed by atoms with Gasteiger partial charge in [0.1, 0.15) is 17.3 Å². The molecule has 2 aromatic heterocycles. The Balaban J connectivity index is 1.83. The SMILES string of the molecule is COc1ccc(-n2c3c(cc(-c4ccc(OC)cn4)c2=O)C=NC(NCC(F)(F)F)N3)cc1. The Labute approximate surface area is 186 Å². The summed E-state index contributed by atoms with van der Waals surface area (Å²) in [4.78, 5) is 22.0. The predicted octanol–water partition coefficient (Wildman–Crippen LogP) is 3.20. The van der Waals surface area contributed by atoms with E-state index >= 15 is 0 Å². The molecular weight excluding hydrogens is 439 g/mol. The zero-order chi connectivity index (χ0) is 23.6. The van der Waals surface area contributed by atoms with Crippen LogP contribution in [0.4, 0.5) is 19.0 Å². The minimum Gasteiger partial charge on any atom is -0.497 e. The lowest BCUT2D eigenvalue weighted by atomic mass is 10.1. The van der Waals surface area contributed by atoms with E-state index < -0.39 is 24.6 Å². The van der Waals surface area contributed by atoms with Crippen LogP contribution in [-0.2, 0) is 0 Å². The monoisotopic (exact) mass is 459 g/mol. The van der Waals surface area contributed by atoms with Gasteiger partial charge in [-0.3, -0.25) is 24.7 Å². The largest absolute Gasteiger partial charge is 0.497 e. The molecule has 33 heavy (non-hydrogen) atoms. The molecular formula is C22H20F3N5O3. The molecule has 1 aromatic carbocycles. The minimum atomic E-state index is -4.41. The topological polar surface area (TPSA) is 89.8 Å². The maximum Gasteiger partial charge on any atom is 0.401 e.